The molecule has 1 amide bonds. The van der Waals surface area contributed by atoms with E-state index in [4.69, 9.17) is 9.47 Å². The van der Waals surface area contributed by atoms with Gasteiger partial charge in [-0.15, -0.1) is 0 Å². The summed E-state index contributed by atoms with van der Waals surface area (Å²) in [7, 11) is 1.76. The number of methoxy groups -OCH3 is 1. The highest BCUT2D eigenvalue weighted by molar-refractivity contribution is 5.76. The Hall–Kier alpha value is -1.50. The highest BCUT2D eigenvalue weighted by atomic mass is 16.5. The van der Waals surface area contributed by atoms with E-state index >= 15 is 0 Å². The van der Waals surface area contributed by atoms with Gasteiger partial charge in [0.2, 0.25) is 5.91 Å². The van der Waals surface area contributed by atoms with Crippen LogP contribution in [-0.4, -0.2) is 73.3 Å². The molecule has 1 aromatic heterocycles. The van der Waals surface area contributed by atoms with Gasteiger partial charge in [-0.1, -0.05) is 0 Å². The summed E-state index contributed by atoms with van der Waals surface area (Å²) in [5, 5.41) is 0. The number of hydrogen-bond acceptors (Lipinski definition) is 5. The molecule has 2 atom stereocenters. The van der Waals surface area contributed by atoms with Crippen molar-refractivity contribution in [1.82, 2.24) is 14.8 Å². The Bertz CT molecular complexity index is 575. The van der Waals surface area contributed by atoms with Gasteiger partial charge in [-0.2, -0.15) is 0 Å². The summed E-state index contributed by atoms with van der Waals surface area (Å²) in [6, 6.07) is 2.09. The van der Waals surface area contributed by atoms with Gasteiger partial charge >= 0.3 is 0 Å². The Kier molecular flexibility index (Phi) is 6.39. The van der Waals surface area contributed by atoms with E-state index in [-0.39, 0.29) is 17.9 Å². The van der Waals surface area contributed by atoms with Crippen LogP contribution in [0.4, 0.5) is 0 Å². The summed E-state index contributed by atoms with van der Waals surface area (Å²) in [6.07, 6.45) is 5.46. The molecule has 1 aromatic rings. The van der Waals surface area contributed by atoms with Crippen molar-refractivity contribution >= 4 is 5.91 Å². The second-order valence-corrected chi connectivity index (χ2v) is 7.06. The van der Waals surface area contributed by atoms with Gasteiger partial charge in [-0.05, 0) is 30.5 Å². The molecule has 2 aliphatic heterocycles. The van der Waals surface area contributed by atoms with Gasteiger partial charge in [-0.25, -0.2) is 0 Å². The minimum Gasteiger partial charge on any atom is -0.381 e. The molecule has 2 fully saturated rings. The van der Waals surface area contributed by atoms with Crippen LogP contribution in [0.25, 0.3) is 0 Å². The molecule has 0 aromatic carbocycles. The smallest absolute Gasteiger partial charge is 0.223 e. The lowest BCUT2D eigenvalue weighted by Crippen LogP contribution is -2.47. The number of nitrogens with zero attached hydrogens (tertiary/aromatic N) is 3. The van der Waals surface area contributed by atoms with Gasteiger partial charge in [0.25, 0.3) is 0 Å². The first-order valence-electron chi connectivity index (χ1n) is 9.17. The van der Waals surface area contributed by atoms with E-state index in [0.29, 0.717) is 32.7 Å². The number of rotatable bonds is 5. The number of amides is 1. The maximum absolute atomic E-state index is 12.6. The van der Waals surface area contributed by atoms with E-state index in [2.05, 4.69) is 22.9 Å². The van der Waals surface area contributed by atoms with Gasteiger partial charge in [0, 0.05) is 64.6 Å². The molecule has 2 saturated heterocycles. The molecule has 3 heterocycles. The molecule has 0 spiro atoms. The van der Waals surface area contributed by atoms with Crippen LogP contribution in [0, 0.1) is 12.8 Å². The third-order valence-electron chi connectivity index (χ3n) is 5.38. The van der Waals surface area contributed by atoms with Crippen molar-refractivity contribution in [3.63, 3.8) is 0 Å². The van der Waals surface area contributed by atoms with Gasteiger partial charge < -0.3 is 14.4 Å². The molecule has 0 radical (unpaired) electrons. The summed E-state index contributed by atoms with van der Waals surface area (Å²) in [5.74, 6) is 0.480. The van der Waals surface area contributed by atoms with Gasteiger partial charge in [0.1, 0.15) is 0 Å². The lowest BCUT2D eigenvalue weighted by Gasteiger charge is -2.39. The number of aryl methyl sites for hydroxylation is 1. The van der Waals surface area contributed by atoms with Crippen LogP contribution in [0.5, 0.6) is 0 Å². The van der Waals surface area contributed by atoms with Gasteiger partial charge in [-0.3, -0.25) is 14.7 Å². The Balaban J connectivity index is 1.60. The fourth-order valence-electron chi connectivity index (χ4n) is 3.82. The van der Waals surface area contributed by atoms with E-state index in [1.807, 2.05) is 17.3 Å². The first-order chi connectivity index (χ1) is 12.2. The first kappa shape index (κ1) is 18.3. The van der Waals surface area contributed by atoms with Crippen LogP contribution in [0.3, 0.4) is 0 Å². The summed E-state index contributed by atoms with van der Waals surface area (Å²) < 4.78 is 11.0. The SMILES string of the molecule is CO[C@@H]1CCN(Cc2ccncc2C)C[C@H]1CC(=O)N1CCOCC1. The van der Waals surface area contributed by atoms with Crippen LogP contribution < -0.4 is 0 Å². The van der Waals surface area contributed by atoms with E-state index in [1.54, 1.807) is 7.11 Å². The lowest BCUT2D eigenvalue weighted by molar-refractivity contribution is -0.138. The van der Waals surface area contributed by atoms with Crippen LogP contribution in [-0.2, 0) is 20.8 Å². The average Bonchev–Trinajstić information content (AvgIpc) is 2.64. The number of piperidine rings is 1. The summed E-state index contributed by atoms with van der Waals surface area (Å²) in [5.41, 5.74) is 2.53. The van der Waals surface area contributed by atoms with E-state index < -0.39 is 0 Å². The minimum absolute atomic E-state index is 0.166. The fraction of sp³-hybridized carbons (Fsp3) is 0.684. The molecule has 6 heteroatoms. The normalized spacial score (nSPS) is 25.1. The van der Waals surface area contributed by atoms with E-state index in [1.165, 1.54) is 11.1 Å². The molecule has 0 aliphatic carbocycles. The number of hydrogen-bond donors (Lipinski definition) is 0. The molecule has 0 unspecified atom stereocenters. The van der Waals surface area contributed by atoms with Crippen LogP contribution >= 0.6 is 0 Å². The van der Waals surface area contributed by atoms with Crippen molar-refractivity contribution in [1.29, 1.82) is 0 Å². The standard InChI is InChI=1S/C19H29N3O3/c1-15-12-20-5-3-16(15)13-21-6-4-18(24-2)17(14-21)11-19(23)22-7-9-25-10-8-22/h3,5,12,17-18H,4,6-11,13-14H2,1-2H3/t17-,18-/m1/s1. The molecule has 0 N–H and O–H groups in total. The number of aromatic nitrogens is 1. The van der Waals surface area contributed by atoms with Crippen molar-refractivity contribution < 1.29 is 14.3 Å². The number of likely N-dealkylation sites (tertiary alicyclic amines) is 1. The lowest BCUT2D eigenvalue weighted by atomic mass is 9.90. The molecule has 3 rings (SSSR count). The maximum Gasteiger partial charge on any atom is 0.223 e. The molecular formula is C19H29N3O3. The van der Waals surface area contributed by atoms with Crippen molar-refractivity contribution in [2.24, 2.45) is 5.92 Å². The molecule has 0 saturated carbocycles. The molecule has 2 aliphatic rings. The van der Waals surface area contributed by atoms with E-state index in [9.17, 15) is 4.79 Å². The van der Waals surface area contributed by atoms with E-state index in [0.717, 1.165) is 26.1 Å². The zero-order valence-corrected chi connectivity index (χ0v) is 15.3. The van der Waals surface area contributed by atoms with Crippen LogP contribution in [0.15, 0.2) is 18.5 Å². The first-order valence-corrected chi connectivity index (χ1v) is 9.17. The Labute approximate surface area is 150 Å². The number of carbonyl (C=O) groups excluding carboxylic acids is 1. The van der Waals surface area contributed by atoms with Crippen molar-refractivity contribution in [2.45, 2.75) is 32.4 Å². The zero-order valence-electron chi connectivity index (χ0n) is 15.3. The Morgan fingerprint density at radius 1 is 1.36 bits per heavy atom. The Morgan fingerprint density at radius 2 is 2.16 bits per heavy atom. The summed E-state index contributed by atoms with van der Waals surface area (Å²) in [6.45, 7) is 7.64. The largest absolute Gasteiger partial charge is 0.381 e. The number of carbonyl (C=O) groups is 1. The van der Waals surface area contributed by atoms with Crippen molar-refractivity contribution in [3.05, 3.63) is 29.6 Å². The van der Waals surface area contributed by atoms with Crippen LogP contribution in [0.1, 0.15) is 24.0 Å². The fourth-order valence-corrected chi connectivity index (χ4v) is 3.82. The Morgan fingerprint density at radius 3 is 2.88 bits per heavy atom. The number of ether oxygens (including phenoxy) is 2. The molecular weight excluding hydrogens is 318 g/mol. The van der Waals surface area contributed by atoms with Crippen molar-refractivity contribution in [3.8, 4) is 0 Å². The zero-order chi connectivity index (χ0) is 17.6. The molecule has 0 bridgehead atoms. The third-order valence-corrected chi connectivity index (χ3v) is 5.38. The second kappa shape index (κ2) is 8.74. The topological polar surface area (TPSA) is 54.9 Å². The molecule has 6 nitrogen and oxygen atoms in total. The average molecular weight is 347 g/mol. The number of pyridine rings is 1. The molecule has 25 heavy (non-hydrogen) atoms. The summed E-state index contributed by atoms with van der Waals surface area (Å²) in [4.78, 5) is 21.2. The minimum atomic E-state index is 0.166. The predicted molar refractivity (Wildman–Crippen MR) is 95.2 cm³/mol. The summed E-state index contributed by atoms with van der Waals surface area (Å²) >= 11 is 0. The monoisotopic (exact) mass is 347 g/mol. The quantitative estimate of drug-likeness (QED) is 0.807. The van der Waals surface area contributed by atoms with Crippen LogP contribution in [0.2, 0.25) is 0 Å². The maximum atomic E-state index is 12.6. The van der Waals surface area contributed by atoms with Gasteiger partial charge in [0.05, 0.1) is 19.3 Å². The highest BCUT2D eigenvalue weighted by Crippen LogP contribution is 2.25. The second-order valence-electron chi connectivity index (χ2n) is 7.06. The number of morpholine rings is 1. The highest BCUT2D eigenvalue weighted by Gasteiger charge is 2.32. The third kappa shape index (κ3) is 4.77. The van der Waals surface area contributed by atoms with Gasteiger partial charge in [0.15, 0.2) is 0 Å². The van der Waals surface area contributed by atoms with Crippen molar-refractivity contribution in [2.75, 3.05) is 46.5 Å². The predicted octanol–water partition coefficient (Wildman–Crippen LogP) is 1.48. The molecule has 138 valence electrons.